The van der Waals surface area contributed by atoms with Gasteiger partial charge in [0.25, 0.3) is 5.91 Å². The summed E-state index contributed by atoms with van der Waals surface area (Å²) in [5.41, 5.74) is 1.73. The molecule has 30 heavy (non-hydrogen) atoms. The van der Waals surface area contributed by atoms with Gasteiger partial charge in [-0.2, -0.15) is 5.10 Å². The Hall–Kier alpha value is -2.78. The minimum Gasteiger partial charge on any atom is -0.383 e. The molecule has 0 saturated heterocycles. The minimum atomic E-state index is -0.284. The number of benzene rings is 1. The topological polar surface area (TPSA) is 67.7 Å². The zero-order chi connectivity index (χ0) is 21.8. The first-order chi connectivity index (χ1) is 14.3. The van der Waals surface area contributed by atoms with Crippen LogP contribution in [-0.2, 0) is 16.1 Å². The number of hydrogen-bond acceptors (Lipinski definition) is 5. The van der Waals surface area contributed by atoms with Crippen LogP contribution in [0.4, 0.5) is 4.39 Å². The first-order valence-electron chi connectivity index (χ1n) is 9.50. The highest BCUT2D eigenvalue weighted by Gasteiger charge is 2.23. The molecule has 3 rings (SSSR count). The molecule has 0 atom stereocenters. The van der Waals surface area contributed by atoms with E-state index in [1.165, 1.54) is 33.3 Å². The lowest BCUT2D eigenvalue weighted by molar-refractivity contribution is -0.129. The quantitative estimate of drug-likeness (QED) is 0.549. The lowest BCUT2D eigenvalue weighted by Gasteiger charge is -2.23. The number of fused-ring (bicyclic) bond motifs is 1. The number of aromatic nitrogens is 2. The summed E-state index contributed by atoms with van der Waals surface area (Å²) in [5, 5.41) is 5.46. The van der Waals surface area contributed by atoms with Crippen molar-refractivity contribution in [1.29, 1.82) is 0 Å². The van der Waals surface area contributed by atoms with Crippen molar-refractivity contribution < 1.29 is 18.7 Å². The summed E-state index contributed by atoms with van der Waals surface area (Å²) >= 11 is 1.34. The molecule has 0 radical (unpaired) electrons. The first kappa shape index (κ1) is 21.9. The van der Waals surface area contributed by atoms with E-state index in [1.807, 2.05) is 17.7 Å². The van der Waals surface area contributed by atoms with E-state index in [-0.39, 0.29) is 24.2 Å². The highest BCUT2D eigenvalue weighted by Crippen LogP contribution is 2.29. The molecule has 2 aromatic heterocycles. The maximum Gasteiger partial charge on any atom is 0.264 e. The Morgan fingerprint density at radius 1 is 1.23 bits per heavy atom. The van der Waals surface area contributed by atoms with Gasteiger partial charge in [0, 0.05) is 33.1 Å². The highest BCUT2D eigenvalue weighted by molar-refractivity contribution is 7.20. The van der Waals surface area contributed by atoms with Crippen LogP contribution in [0.25, 0.3) is 10.2 Å². The van der Waals surface area contributed by atoms with Crippen molar-refractivity contribution in [3.05, 3.63) is 52.3 Å². The second-order valence-electron chi connectivity index (χ2n) is 7.21. The predicted octanol–water partition coefficient (Wildman–Crippen LogP) is 2.77. The number of halogens is 1. The van der Waals surface area contributed by atoms with E-state index in [0.717, 1.165) is 21.5 Å². The van der Waals surface area contributed by atoms with Crippen LogP contribution >= 0.6 is 11.3 Å². The number of likely N-dealkylation sites (N-methyl/N-ethyl adjacent to an activating group) is 1. The fourth-order valence-electron chi connectivity index (χ4n) is 3.00. The van der Waals surface area contributed by atoms with Gasteiger partial charge in [-0.15, -0.1) is 11.3 Å². The molecule has 0 fully saturated rings. The van der Waals surface area contributed by atoms with E-state index in [1.54, 1.807) is 33.3 Å². The molecule has 0 bridgehead atoms. The van der Waals surface area contributed by atoms with Gasteiger partial charge in [0.2, 0.25) is 5.91 Å². The van der Waals surface area contributed by atoms with Gasteiger partial charge in [0.15, 0.2) is 0 Å². The van der Waals surface area contributed by atoms with Crippen molar-refractivity contribution in [1.82, 2.24) is 19.6 Å². The summed E-state index contributed by atoms with van der Waals surface area (Å²) in [6.45, 7) is 3.02. The molecule has 3 aromatic rings. The standard InChI is InChI=1S/C21H25FN4O3S/c1-14-17-11-18(20(28)25(9-10-29-4)13-19(27)24(2)3)30-21(17)26(23-14)12-15-5-7-16(22)8-6-15/h5-8,11H,9-10,12-13H2,1-4H3. The number of methoxy groups -OCH3 is 1. The van der Waals surface area contributed by atoms with Crippen molar-refractivity contribution in [2.75, 3.05) is 40.9 Å². The zero-order valence-corrected chi connectivity index (χ0v) is 18.3. The summed E-state index contributed by atoms with van der Waals surface area (Å²) in [6, 6.07) is 8.10. The first-order valence-corrected chi connectivity index (χ1v) is 10.3. The Bertz CT molecular complexity index is 1040. The van der Waals surface area contributed by atoms with Gasteiger partial charge < -0.3 is 14.5 Å². The highest BCUT2D eigenvalue weighted by atomic mass is 32.1. The van der Waals surface area contributed by atoms with Crippen LogP contribution in [-0.4, -0.2) is 72.3 Å². The second kappa shape index (κ2) is 9.36. The van der Waals surface area contributed by atoms with Gasteiger partial charge in [-0.3, -0.25) is 14.3 Å². The number of ether oxygens (including phenoxy) is 1. The Kier molecular flexibility index (Phi) is 6.84. The van der Waals surface area contributed by atoms with Crippen molar-refractivity contribution in [2.24, 2.45) is 0 Å². The Labute approximate surface area is 178 Å². The predicted molar refractivity (Wildman–Crippen MR) is 114 cm³/mol. The van der Waals surface area contributed by atoms with Gasteiger partial charge >= 0.3 is 0 Å². The third-order valence-electron chi connectivity index (χ3n) is 4.74. The maximum atomic E-state index is 13.2. The van der Waals surface area contributed by atoms with Gasteiger partial charge in [0.1, 0.15) is 17.2 Å². The molecule has 7 nitrogen and oxygen atoms in total. The molecular formula is C21H25FN4O3S. The van der Waals surface area contributed by atoms with E-state index < -0.39 is 0 Å². The van der Waals surface area contributed by atoms with Crippen LogP contribution in [0.2, 0.25) is 0 Å². The monoisotopic (exact) mass is 432 g/mol. The smallest absolute Gasteiger partial charge is 0.264 e. The summed E-state index contributed by atoms with van der Waals surface area (Å²) in [7, 11) is 4.88. The lowest BCUT2D eigenvalue weighted by atomic mass is 10.2. The normalized spacial score (nSPS) is 11.1. The summed E-state index contributed by atoms with van der Waals surface area (Å²) in [5.74, 6) is -0.650. The minimum absolute atomic E-state index is 0.00980. The molecular weight excluding hydrogens is 407 g/mol. The molecule has 0 N–H and O–H groups in total. The van der Waals surface area contributed by atoms with E-state index >= 15 is 0 Å². The van der Waals surface area contributed by atoms with Gasteiger partial charge in [-0.05, 0) is 30.7 Å². The van der Waals surface area contributed by atoms with Crippen LogP contribution in [0.15, 0.2) is 30.3 Å². The SMILES string of the molecule is COCCN(CC(=O)N(C)C)C(=O)c1cc2c(C)nn(Cc3ccc(F)cc3)c2s1. The number of hydrogen-bond donors (Lipinski definition) is 0. The van der Waals surface area contributed by atoms with Crippen LogP contribution < -0.4 is 0 Å². The van der Waals surface area contributed by atoms with Crippen LogP contribution in [0.1, 0.15) is 20.9 Å². The number of rotatable bonds is 8. The molecule has 0 saturated carbocycles. The molecule has 0 aliphatic rings. The van der Waals surface area contributed by atoms with E-state index in [9.17, 15) is 14.0 Å². The number of carbonyl (C=O) groups is 2. The molecule has 160 valence electrons. The third-order valence-corrected chi connectivity index (χ3v) is 5.88. The average Bonchev–Trinajstić information content (AvgIpc) is 3.27. The summed E-state index contributed by atoms with van der Waals surface area (Å²) in [4.78, 5) is 29.7. The lowest BCUT2D eigenvalue weighted by Crippen LogP contribution is -2.41. The molecule has 1 aromatic carbocycles. The van der Waals surface area contributed by atoms with Gasteiger partial charge in [-0.25, -0.2) is 4.39 Å². The molecule has 0 aliphatic carbocycles. The van der Waals surface area contributed by atoms with Crippen molar-refractivity contribution >= 4 is 33.4 Å². The van der Waals surface area contributed by atoms with Gasteiger partial charge in [-0.1, -0.05) is 12.1 Å². The largest absolute Gasteiger partial charge is 0.383 e. The second-order valence-corrected chi connectivity index (χ2v) is 8.24. The van der Waals surface area contributed by atoms with E-state index in [2.05, 4.69) is 5.10 Å². The Morgan fingerprint density at radius 2 is 1.93 bits per heavy atom. The number of carbonyl (C=O) groups excluding carboxylic acids is 2. The van der Waals surface area contributed by atoms with E-state index in [0.29, 0.717) is 24.6 Å². The van der Waals surface area contributed by atoms with E-state index in [4.69, 9.17) is 4.74 Å². The van der Waals surface area contributed by atoms with Crippen molar-refractivity contribution in [3.63, 3.8) is 0 Å². The number of nitrogens with zero attached hydrogens (tertiary/aromatic N) is 4. The van der Waals surface area contributed by atoms with Crippen LogP contribution in [0.5, 0.6) is 0 Å². The average molecular weight is 433 g/mol. The van der Waals surface area contributed by atoms with Crippen LogP contribution in [0.3, 0.4) is 0 Å². The number of aryl methyl sites for hydroxylation is 1. The summed E-state index contributed by atoms with van der Waals surface area (Å²) in [6.07, 6.45) is 0. The molecule has 2 amide bonds. The van der Waals surface area contributed by atoms with Crippen molar-refractivity contribution in [3.8, 4) is 0 Å². The zero-order valence-electron chi connectivity index (χ0n) is 17.5. The number of thiophene rings is 1. The molecule has 2 heterocycles. The third kappa shape index (κ3) is 4.85. The fourth-order valence-corrected chi connectivity index (χ4v) is 4.13. The van der Waals surface area contributed by atoms with Crippen molar-refractivity contribution in [2.45, 2.75) is 13.5 Å². The maximum absolute atomic E-state index is 13.2. The van der Waals surface area contributed by atoms with Crippen LogP contribution in [0, 0.1) is 12.7 Å². The molecule has 0 aliphatic heterocycles. The molecule has 9 heteroatoms. The Balaban J connectivity index is 1.88. The van der Waals surface area contributed by atoms with Gasteiger partial charge in [0.05, 0.1) is 23.7 Å². The Morgan fingerprint density at radius 3 is 2.57 bits per heavy atom. The number of amides is 2. The molecule has 0 spiro atoms. The fraction of sp³-hybridized carbons (Fsp3) is 0.381. The molecule has 0 unspecified atom stereocenters. The summed E-state index contributed by atoms with van der Waals surface area (Å²) < 4.78 is 20.1.